The van der Waals surface area contributed by atoms with Gasteiger partial charge in [-0.3, -0.25) is 9.79 Å². The number of nitrogens with zero attached hydrogens (tertiary/aromatic N) is 2. The highest BCUT2D eigenvalue weighted by molar-refractivity contribution is 6.34. The molecular formula is C10H11N3O3. The number of carboxylic acid groups (broad SMARTS) is 1. The topological polar surface area (TPSA) is 108 Å². The van der Waals surface area contributed by atoms with Gasteiger partial charge in [0, 0.05) is 0 Å². The predicted octanol–water partition coefficient (Wildman–Crippen LogP) is 0.884. The average Bonchev–Trinajstić information content (AvgIpc) is 2.26. The van der Waals surface area contributed by atoms with Gasteiger partial charge in [-0.2, -0.15) is 5.10 Å². The van der Waals surface area contributed by atoms with Crippen LogP contribution in [-0.2, 0) is 4.79 Å². The molecule has 1 aromatic rings. The summed E-state index contributed by atoms with van der Waals surface area (Å²) in [6, 6.07) is 6.12. The Hall–Kier alpha value is -2.37. The zero-order valence-electron chi connectivity index (χ0n) is 8.37. The molecule has 0 aliphatic heterocycles. The molecule has 0 atom stereocenters. The van der Waals surface area contributed by atoms with E-state index in [4.69, 9.17) is 16.1 Å². The van der Waals surface area contributed by atoms with Crippen LogP contribution in [0.15, 0.2) is 34.4 Å². The van der Waals surface area contributed by atoms with Gasteiger partial charge in [-0.1, -0.05) is 0 Å². The molecule has 16 heavy (non-hydrogen) atoms. The third-order valence-corrected chi connectivity index (χ3v) is 1.71. The Kier molecular flexibility index (Phi) is 4.02. The van der Waals surface area contributed by atoms with Crippen molar-refractivity contribution in [1.82, 2.24) is 0 Å². The molecule has 1 aromatic carbocycles. The van der Waals surface area contributed by atoms with Crippen molar-refractivity contribution < 1.29 is 15.0 Å². The van der Waals surface area contributed by atoms with Crippen molar-refractivity contribution in [2.45, 2.75) is 6.42 Å². The average molecular weight is 221 g/mol. The Morgan fingerprint density at radius 1 is 1.38 bits per heavy atom. The standard InChI is InChI=1S/C10H11N3O3/c11-13-8(5-10(15)16)6-12-7-1-3-9(14)4-2-7/h1-4,6,14H,5,11H2,(H,15,16). The van der Waals surface area contributed by atoms with Crippen LogP contribution in [-0.4, -0.2) is 28.1 Å². The van der Waals surface area contributed by atoms with Crippen molar-refractivity contribution in [3.63, 3.8) is 0 Å². The molecule has 0 aliphatic carbocycles. The first-order valence-corrected chi connectivity index (χ1v) is 4.43. The summed E-state index contributed by atoms with van der Waals surface area (Å²) < 4.78 is 0. The molecule has 0 bridgehead atoms. The lowest BCUT2D eigenvalue weighted by Gasteiger charge is -1.95. The fourth-order valence-electron chi connectivity index (χ4n) is 0.967. The zero-order chi connectivity index (χ0) is 12.0. The summed E-state index contributed by atoms with van der Waals surface area (Å²) in [5.41, 5.74) is 0.741. The molecule has 0 radical (unpaired) electrons. The summed E-state index contributed by atoms with van der Waals surface area (Å²) in [5.74, 6) is 4.11. The Balaban J connectivity index is 2.72. The Morgan fingerprint density at radius 3 is 2.50 bits per heavy atom. The number of hydrazone groups is 1. The monoisotopic (exact) mass is 221 g/mol. The molecular weight excluding hydrogens is 210 g/mol. The number of nitrogens with two attached hydrogens (primary N) is 1. The van der Waals surface area contributed by atoms with E-state index in [-0.39, 0.29) is 17.9 Å². The van der Waals surface area contributed by atoms with Gasteiger partial charge in [0.15, 0.2) is 0 Å². The highest BCUT2D eigenvalue weighted by atomic mass is 16.4. The van der Waals surface area contributed by atoms with Crippen LogP contribution in [0.25, 0.3) is 0 Å². The van der Waals surface area contributed by atoms with Crippen molar-refractivity contribution in [3.8, 4) is 5.75 Å². The van der Waals surface area contributed by atoms with Crippen molar-refractivity contribution in [1.29, 1.82) is 0 Å². The minimum Gasteiger partial charge on any atom is -0.508 e. The summed E-state index contributed by atoms with van der Waals surface area (Å²) >= 11 is 0. The number of aliphatic carboxylic acids is 1. The second-order valence-corrected chi connectivity index (χ2v) is 2.97. The third kappa shape index (κ3) is 3.79. The van der Waals surface area contributed by atoms with Crippen LogP contribution < -0.4 is 5.84 Å². The number of aromatic hydroxyl groups is 1. The molecule has 0 aliphatic rings. The maximum atomic E-state index is 10.4. The van der Waals surface area contributed by atoms with Gasteiger partial charge in [0.1, 0.15) is 5.75 Å². The van der Waals surface area contributed by atoms with E-state index in [0.29, 0.717) is 5.69 Å². The minimum absolute atomic E-state index is 0.136. The van der Waals surface area contributed by atoms with E-state index in [1.165, 1.54) is 18.3 Å². The van der Waals surface area contributed by atoms with Crippen LogP contribution in [0.2, 0.25) is 0 Å². The quantitative estimate of drug-likeness (QED) is 0.398. The molecule has 0 saturated carbocycles. The van der Waals surface area contributed by atoms with Crippen molar-refractivity contribution >= 4 is 23.6 Å². The van der Waals surface area contributed by atoms with Crippen LogP contribution in [0, 0.1) is 0 Å². The van der Waals surface area contributed by atoms with Gasteiger partial charge in [-0.25, -0.2) is 0 Å². The molecule has 0 saturated heterocycles. The molecule has 6 heteroatoms. The lowest BCUT2D eigenvalue weighted by atomic mass is 10.3. The Morgan fingerprint density at radius 2 is 2.00 bits per heavy atom. The summed E-state index contributed by atoms with van der Waals surface area (Å²) in [5, 5.41) is 20.8. The molecule has 0 unspecified atom stereocenters. The summed E-state index contributed by atoms with van der Waals surface area (Å²) in [6.45, 7) is 0. The lowest BCUT2D eigenvalue weighted by Crippen LogP contribution is -2.10. The van der Waals surface area contributed by atoms with Gasteiger partial charge in [0.05, 0.1) is 24.0 Å². The summed E-state index contributed by atoms with van der Waals surface area (Å²) in [6.07, 6.45) is 0.999. The number of phenolic OH excluding ortho intramolecular Hbond substituents is 1. The number of carboxylic acids is 1. The maximum Gasteiger partial charge on any atom is 0.309 e. The third-order valence-electron chi connectivity index (χ3n) is 1.71. The molecule has 0 amide bonds. The van der Waals surface area contributed by atoms with Crippen LogP contribution in [0.3, 0.4) is 0 Å². The summed E-state index contributed by atoms with van der Waals surface area (Å²) in [4.78, 5) is 14.4. The highest BCUT2D eigenvalue weighted by Gasteiger charge is 2.02. The SMILES string of the molecule is NN=C(C=Nc1ccc(O)cc1)CC(=O)O. The first kappa shape index (κ1) is 11.7. The first-order chi connectivity index (χ1) is 7.61. The van der Waals surface area contributed by atoms with Gasteiger partial charge < -0.3 is 16.1 Å². The molecule has 0 aromatic heterocycles. The van der Waals surface area contributed by atoms with Crippen molar-refractivity contribution in [2.75, 3.05) is 0 Å². The van der Waals surface area contributed by atoms with E-state index >= 15 is 0 Å². The minimum atomic E-state index is -1.03. The molecule has 0 heterocycles. The number of aliphatic imine (C=N–C) groups is 1. The molecule has 1 rings (SSSR count). The fraction of sp³-hybridized carbons (Fsp3) is 0.100. The second-order valence-electron chi connectivity index (χ2n) is 2.97. The van der Waals surface area contributed by atoms with E-state index in [0.717, 1.165) is 0 Å². The smallest absolute Gasteiger partial charge is 0.309 e. The van der Waals surface area contributed by atoms with Crippen LogP contribution in [0.5, 0.6) is 5.75 Å². The number of rotatable bonds is 4. The van der Waals surface area contributed by atoms with Gasteiger partial charge in [0.2, 0.25) is 0 Å². The number of phenols is 1. The molecule has 6 nitrogen and oxygen atoms in total. The number of hydrogen-bond donors (Lipinski definition) is 3. The zero-order valence-corrected chi connectivity index (χ0v) is 8.37. The molecule has 4 N–H and O–H groups in total. The molecule has 0 fully saturated rings. The summed E-state index contributed by atoms with van der Waals surface area (Å²) in [7, 11) is 0. The lowest BCUT2D eigenvalue weighted by molar-refractivity contribution is -0.135. The van der Waals surface area contributed by atoms with Gasteiger partial charge in [0.25, 0.3) is 0 Å². The normalized spacial score (nSPS) is 11.9. The van der Waals surface area contributed by atoms with Crippen LogP contribution in [0.4, 0.5) is 5.69 Å². The Bertz CT molecular complexity index is 423. The molecule has 0 spiro atoms. The van der Waals surface area contributed by atoms with E-state index < -0.39 is 5.97 Å². The van der Waals surface area contributed by atoms with E-state index in [1.54, 1.807) is 12.1 Å². The fourth-order valence-corrected chi connectivity index (χ4v) is 0.967. The predicted molar refractivity (Wildman–Crippen MR) is 60.1 cm³/mol. The van der Waals surface area contributed by atoms with Gasteiger partial charge in [-0.05, 0) is 24.3 Å². The largest absolute Gasteiger partial charge is 0.508 e. The van der Waals surface area contributed by atoms with Gasteiger partial charge in [-0.15, -0.1) is 0 Å². The number of hydrogen-bond acceptors (Lipinski definition) is 5. The molecule has 84 valence electrons. The van der Waals surface area contributed by atoms with E-state index in [9.17, 15) is 4.79 Å². The van der Waals surface area contributed by atoms with Crippen LogP contribution >= 0.6 is 0 Å². The first-order valence-electron chi connectivity index (χ1n) is 4.43. The Labute approximate surface area is 91.7 Å². The van der Waals surface area contributed by atoms with Crippen LogP contribution in [0.1, 0.15) is 6.42 Å². The number of benzene rings is 1. The van der Waals surface area contributed by atoms with E-state index in [1.807, 2.05) is 0 Å². The van der Waals surface area contributed by atoms with Crippen molar-refractivity contribution in [3.05, 3.63) is 24.3 Å². The van der Waals surface area contributed by atoms with Crippen molar-refractivity contribution in [2.24, 2.45) is 15.9 Å². The maximum absolute atomic E-state index is 10.4. The van der Waals surface area contributed by atoms with Gasteiger partial charge >= 0.3 is 5.97 Å². The number of carbonyl (C=O) groups is 1. The second kappa shape index (κ2) is 5.50. The van der Waals surface area contributed by atoms with E-state index in [2.05, 4.69) is 10.1 Å². The highest BCUT2D eigenvalue weighted by Crippen LogP contribution is 2.15.